The molecule has 0 aromatic heterocycles. The zero-order valence-electron chi connectivity index (χ0n) is 11.2. The first-order valence-electron chi connectivity index (χ1n) is 7.28. The molecule has 0 spiro atoms. The van der Waals surface area contributed by atoms with Crippen LogP contribution in [0.3, 0.4) is 0 Å². The molecule has 0 radical (unpaired) electrons. The normalized spacial score (nSPS) is 17.8. The second-order valence-corrected chi connectivity index (χ2v) is 5.34. The number of hydrogen-bond donors (Lipinski definition) is 1. The van der Waals surface area contributed by atoms with Crippen molar-refractivity contribution in [3.8, 4) is 5.75 Å². The van der Waals surface area contributed by atoms with E-state index in [4.69, 9.17) is 10.5 Å². The van der Waals surface area contributed by atoms with E-state index in [1.54, 1.807) is 0 Å². The summed E-state index contributed by atoms with van der Waals surface area (Å²) in [4.78, 5) is 0. The van der Waals surface area contributed by atoms with Crippen molar-refractivity contribution in [2.45, 2.75) is 38.5 Å². The first-order chi connectivity index (χ1) is 8.90. The van der Waals surface area contributed by atoms with Crippen molar-refractivity contribution in [1.29, 1.82) is 0 Å². The van der Waals surface area contributed by atoms with Crippen molar-refractivity contribution in [2.24, 2.45) is 17.6 Å². The van der Waals surface area contributed by atoms with Crippen molar-refractivity contribution in [2.75, 3.05) is 13.2 Å². The van der Waals surface area contributed by atoms with Gasteiger partial charge in [0.2, 0.25) is 0 Å². The lowest BCUT2D eigenvalue weighted by atomic mass is 9.87. The van der Waals surface area contributed by atoms with Crippen LogP contribution in [0.25, 0.3) is 0 Å². The average molecular weight is 247 g/mol. The van der Waals surface area contributed by atoms with Crippen molar-refractivity contribution >= 4 is 0 Å². The maximum Gasteiger partial charge on any atom is 0.119 e. The van der Waals surface area contributed by atoms with Crippen molar-refractivity contribution < 1.29 is 4.74 Å². The van der Waals surface area contributed by atoms with Gasteiger partial charge >= 0.3 is 0 Å². The first-order valence-corrected chi connectivity index (χ1v) is 7.28. The summed E-state index contributed by atoms with van der Waals surface area (Å²) in [6.07, 6.45) is 7.92. The van der Waals surface area contributed by atoms with Crippen LogP contribution >= 0.6 is 0 Å². The summed E-state index contributed by atoms with van der Waals surface area (Å²) in [7, 11) is 0. The summed E-state index contributed by atoms with van der Waals surface area (Å²) in [5.41, 5.74) is 5.91. The summed E-state index contributed by atoms with van der Waals surface area (Å²) in [5.74, 6) is 2.57. The molecule has 0 amide bonds. The predicted octanol–water partition coefficient (Wildman–Crippen LogP) is 3.61. The van der Waals surface area contributed by atoms with Gasteiger partial charge in [0.15, 0.2) is 0 Å². The van der Waals surface area contributed by atoms with Gasteiger partial charge in [0, 0.05) is 0 Å². The summed E-state index contributed by atoms with van der Waals surface area (Å²) in [6, 6.07) is 10.1. The topological polar surface area (TPSA) is 35.2 Å². The minimum absolute atomic E-state index is 0.715. The van der Waals surface area contributed by atoms with Crippen LogP contribution < -0.4 is 10.5 Å². The predicted molar refractivity (Wildman–Crippen MR) is 75.7 cm³/mol. The van der Waals surface area contributed by atoms with Crippen LogP contribution in [0.15, 0.2) is 30.3 Å². The Morgan fingerprint density at radius 2 is 1.89 bits per heavy atom. The number of para-hydroxylation sites is 1. The number of rotatable bonds is 7. The number of nitrogens with two attached hydrogens (primary N) is 1. The zero-order chi connectivity index (χ0) is 12.6. The van der Waals surface area contributed by atoms with Gasteiger partial charge in [-0.05, 0) is 43.4 Å². The summed E-state index contributed by atoms with van der Waals surface area (Å²) < 4.78 is 5.72. The standard InChI is InChI=1S/C16H25NO/c17-13-15(14-7-4-5-8-14)9-6-12-18-16-10-2-1-3-11-16/h1-3,10-11,14-15H,4-9,12-13,17H2. The molecule has 1 aromatic rings. The highest BCUT2D eigenvalue weighted by Crippen LogP contribution is 2.33. The SMILES string of the molecule is NCC(CCCOc1ccccc1)C1CCCC1. The van der Waals surface area contributed by atoms with Gasteiger partial charge < -0.3 is 10.5 Å². The third-order valence-electron chi connectivity index (χ3n) is 4.10. The molecule has 18 heavy (non-hydrogen) atoms. The smallest absolute Gasteiger partial charge is 0.119 e. The van der Waals surface area contributed by atoms with E-state index >= 15 is 0 Å². The van der Waals surface area contributed by atoms with Crippen LogP contribution in [-0.4, -0.2) is 13.2 Å². The van der Waals surface area contributed by atoms with Crippen LogP contribution in [0.1, 0.15) is 38.5 Å². The van der Waals surface area contributed by atoms with Gasteiger partial charge in [0.05, 0.1) is 6.61 Å². The molecule has 1 saturated carbocycles. The van der Waals surface area contributed by atoms with Gasteiger partial charge in [-0.2, -0.15) is 0 Å². The van der Waals surface area contributed by atoms with Crippen molar-refractivity contribution in [3.05, 3.63) is 30.3 Å². The van der Waals surface area contributed by atoms with Crippen LogP contribution in [0.2, 0.25) is 0 Å². The Labute approximate surface area is 111 Å². The molecule has 2 nitrogen and oxygen atoms in total. The maximum absolute atomic E-state index is 5.91. The quantitative estimate of drug-likeness (QED) is 0.747. The van der Waals surface area contributed by atoms with E-state index in [0.29, 0.717) is 5.92 Å². The lowest BCUT2D eigenvalue weighted by Crippen LogP contribution is -2.22. The third kappa shape index (κ3) is 4.02. The fraction of sp³-hybridized carbons (Fsp3) is 0.625. The van der Waals surface area contributed by atoms with Gasteiger partial charge in [-0.25, -0.2) is 0 Å². The van der Waals surface area contributed by atoms with E-state index in [0.717, 1.165) is 31.2 Å². The second kappa shape index (κ2) is 7.42. The molecule has 0 aliphatic heterocycles. The highest BCUT2D eigenvalue weighted by molar-refractivity contribution is 5.20. The van der Waals surface area contributed by atoms with E-state index in [1.165, 1.54) is 32.1 Å². The minimum atomic E-state index is 0.715. The molecular weight excluding hydrogens is 222 g/mol. The van der Waals surface area contributed by atoms with Gasteiger partial charge in [0.1, 0.15) is 5.75 Å². The van der Waals surface area contributed by atoms with Gasteiger partial charge in [-0.15, -0.1) is 0 Å². The molecule has 1 fully saturated rings. The number of ether oxygens (including phenoxy) is 1. The van der Waals surface area contributed by atoms with Crippen LogP contribution in [0.4, 0.5) is 0 Å². The molecule has 100 valence electrons. The molecule has 1 aliphatic rings. The first kappa shape index (κ1) is 13.4. The van der Waals surface area contributed by atoms with E-state index in [1.807, 2.05) is 30.3 Å². The monoisotopic (exact) mass is 247 g/mol. The lowest BCUT2D eigenvalue weighted by molar-refractivity contribution is 0.263. The highest BCUT2D eigenvalue weighted by atomic mass is 16.5. The Morgan fingerprint density at radius 1 is 1.17 bits per heavy atom. The highest BCUT2D eigenvalue weighted by Gasteiger charge is 2.23. The van der Waals surface area contributed by atoms with Crippen molar-refractivity contribution in [3.63, 3.8) is 0 Å². The largest absolute Gasteiger partial charge is 0.494 e. The van der Waals surface area contributed by atoms with Crippen LogP contribution in [-0.2, 0) is 0 Å². The fourth-order valence-corrected chi connectivity index (χ4v) is 3.03. The van der Waals surface area contributed by atoms with Crippen LogP contribution in [0, 0.1) is 11.8 Å². The minimum Gasteiger partial charge on any atom is -0.494 e. The molecule has 1 atom stereocenters. The molecule has 1 aromatic carbocycles. The summed E-state index contributed by atoms with van der Waals surface area (Å²) in [5, 5.41) is 0. The van der Waals surface area contributed by atoms with E-state index in [9.17, 15) is 0 Å². The molecule has 0 bridgehead atoms. The summed E-state index contributed by atoms with van der Waals surface area (Å²) >= 11 is 0. The fourth-order valence-electron chi connectivity index (χ4n) is 3.03. The molecule has 2 rings (SSSR count). The lowest BCUT2D eigenvalue weighted by Gasteiger charge is -2.21. The van der Waals surface area contributed by atoms with Gasteiger partial charge in [-0.1, -0.05) is 43.9 Å². The van der Waals surface area contributed by atoms with Gasteiger partial charge in [-0.3, -0.25) is 0 Å². The molecule has 0 heterocycles. The molecule has 2 N–H and O–H groups in total. The molecular formula is C16H25NO. The maximum atomic E-state index is 5.91. The Balaban J connectivity index is 1.64. The van der Waals surface area contributed by atoms with E-state index in [2.05, 4.69) is 0 Å². The number of hydrogen-bond acceptors (Lipinski definition) is 2. The van der Waals surface area contributed by atoms with Crippen molar-refractivity contribution in [1.82, 2.24) is 0 Å². The average Bonchev–Trinajstić information content (AvgIpc) is 2.94. The molecule has 1 unspecified atom stereocenters. The van der Waals surface area contributed by atoms with E-state index < -0.39 is 0 Å². The Morgan fingerprint density at radius 3 is 2.56 bits per heavy atom. The van der Waals surface area contributed by atoms with Gasteiger partial charge in [0.25, 0.3) is 0 Å². The molecule has 0 saturated heterocycles. The number of benzene rings is 1. The summed E-state index contributed by atoms with van der Waals surface area (Å²) in [6.45, 7) is 1.66. The molecule has 2 heteroatoms. The third-order valence-corrected chi connectivity index (χ3v) is 4.10. The zero-order valence-corrected chi connectivity index (χ0v) is 11.2. The van der Waals surface area contributed by atoms with Crippen LogP contribution in [0.5, 0.6) is 5.75 Å². The Kier molecular flexibility index (Phi) is 5.53. The second-order valence-electron chi connectivity index (χ2n) is 5.34. The Bertz CT molecular complexity index is 319. The molecule has 1 aliphatic carbocycles. The van der Waals surface area contributed by atoms with E-state index in [-0.39, 0.29) is 0 Å². The Hall–Kier alpha value is -1.02.